The van der Waals surface area contributed by atoms with Gasteiger partial charge < -0.3 is 9.47 Å². The van der Waals surface area contributed by atoms with E-state index in [1.54, 1.807) is 0 Å². The van der Waals surface area contributed by atoms with E-state index in [1.165, 1.54) is 44.1 Å². The lowest BCUT2D eigenvalue weighted by Crippen LogP contribution is -2.50. The maximum absolute atomic E-state index is 13.6. The van der Waals surface area contributed by atoms with E-state index in [4.69, 9.17) is 9.47 Å². The number of fused-ring (bicyclic) bond motifs is 2. The van der Waals surface area contributed by atoms with Crippen LogP contribution in [0.15, 0.2) is 24.4 Å². The van der Waals surface area contributed by atoms with Gasteiger partial charge in [-0.2, -0.15) is 0 Å². The van der Waals surface area contributed by atoms with Gasteiger partial charge in [0.1, 0.15) is 19.0 Å². The minimum absolute atomic E-state index is 0.0305. The molecule has 2 unspecified atom stereocenters. The minimum atomic E-state index is 0.0305. The Balaban J connectivity index is 1.16. The van der Waals surface area contributed by atoms with Gasteiger partial charge in [-0.15, -0.1) is 0 Å². The molecule has 2 atom stereocenters. The zero-order chi connectivity index (χ0) is 19.2. The van der Waals surface area contributed by atoms with Crippen LogP contribution < -0.4 is 9.47 Å². The highest BCUT2D eigenvalue weighted by molar-refractivity contribution is 5.91. The van der Waals surface area contributed by atoms with Gasteiger partial charge in [-0.25, -0.2) is 0 Å². The lowest BCUT2D eigenvalue weighted by atomic mass is 9.48. The molecule has 4 heteroatoms. The second-order valence-electron chi connectivity index (χ2n) is 10.5. The summed E-state index contributed by atoms with van der Waals surface area (Å²) in [6.07, 6.45) is 10.7. The number of ether oxygens (including phenoxy) is 2. The van der Waals surface area contributed by atoms with Crippen molar-refractivity contribution < 1.29 is 14.3 Å². The molecule has 5 fully saturated rings. The molecule has 150 valence electrons. The molecule has 5 saturated carbocycles. The largest absolute Gasteiger partial charge is 0.486 e. The molecule has 29 heavy (non-hydrogen) atoms. The number of carbonyl (C=O) groups is 1. The van der Waals surface area contributed by atoms with Crippen LogP contribution in [0.1, 0.15) is 56.4 Å². The number of nitrogens with zero attached hydrogens (tertiary/aromatic N) is 1. The van der Waals surface area contributed by atoms with Gasteiger partial charge >= 0.3 is 0 Å². The van der Waals surface area contributed by atoms with Crippen molar-refractivity contribution in [1.29, 1.82) is 0 Å². The summed E-state index contributed by atoms with van der Waals surface area (Å²) in [5.41, 5.74) is 2.18. The van der Waals surface area contributed by atoms with Gasteiger partial charge in [-0.1, -0.05) is 0 Å². The smallest absolute Gasteiger partial charge is 0.163 e. The summed E-state index contributed by atoms with van der Waals surface area (Å²) < 4.78 is 11.4. The first kappa shape index (κ1) is 16.7. The first-order valence-electron chi connectivity index (χ1n) is 11.4. The van der Waals surface area contributed by atoms with Crippen LogP contribution in [0.4, 0.5) is 0 Å². The van der Waals surface area contributed by atoms with Gasteiger partial charge in [0, 0.05) is 29.0 Å². The second kappa shape index (κ2) is 5.74. The molecule has 6 aliphatic rings. The van der Waals surface area contributed by atoms with Gasteiger partial charge in [0.2, 0.25) is 0 Å². The summed E-state index contributed by atoms with van der Waals surface area (Å²) in [5, 5.41) is 1.08. The van der Waals surface area contributed by atoms with E-state index >= 15 is 0 Å². The van der Waals surface area contributed by atoms with Gasteiger partial charge in [0.25, 0.3) is 0 Å². The van der Waals surface area contributed by atoms with Crippen LogP contribution in [-0.4, -0.2) is 24.0 Å². The molecule has 4 bridgehead atoms. The SMILES string of the molecule is O=C(C1CC1c1cnc2cc3c(cc2c1)OCCO3)C12CC3CC(CC(C3)C1)C2. The zero-order valence-electron chi connectivity index (χ0n) is 16.7. The lowest BCUT2D eigenvalue weighted by Gasteiger charge is -2.56. The Kier molecular flexibility index (Phi) is 3.30. The van der Waals surface area contributed by atoms with Crippen molar-refractivity contribution in [3.05, 3.63) is 30.0 Å². The molecular formula is C25H27NO3. The fourth-order valence-electron chi connectivity index (χ4n) is 7.54. The van der Waals surface area contributed by atoms with E-state index in [1.807, 2.05) is 18.3 Å². The van der Waals surface area contributed by atoms with E-state index in [0.29, 0.717) is 24.9 Å². The van der Waals surface area contributed by atoms with Gasteiger partial charge in [0.05, 0.1) is 5.52 Å². The number of carbonyl (C=O) groups excluding carboxylic acids is 1. The minimum Gasteiger partial charge on any atom is -0.486 e. The average Bonchev–Trinajstić information content (AvgIpc) is 3.51. The molecule has 8 rings (SSSR count). The van der Waals surface area contributed by atoms with Crippen molar-refractivity contribution in [2.75, 3.05) is 13.2 Å². The number of aromatic nitrogens is 1. The second-order valence-corrected chi connectivity index (χ2v) is 10.5. The third-order valence-corrected chi connectivity index (χ3v) is 8.48. The fraction of sp³-hybridized carbons (Fsp3) is 0.600. The average molecular weight is 389 g/mol. The highest BCUT2D eigenvalue weighted by Crippen LogP contribution is 2.63. The molecule has 5 aliphatic carbocycles. The Morgan fingerprint density at radius 3 is 2.24 bits per heavy atom. The molecule has 4 nitrogen and oxygen atoms in total. The Bertz CT molecular complexity index is 993. The standard InChI is InChI=1S/C25H27NO3/c27-24(25-10-14-3-15(11-25)5-16(4-14)12-25)20-8-19(20)18-6-17-7-22-23(29-2-1-28-22)9-21(17)26-13-18/h6-7,9,13-16,19-20H,1-5,8,10-12H2. The Morgan fingerprint density at radius 2 is 1.55 bits per heavy atom. The van der Waals surface area contributed by atoms with Crippen LogP contribution in [0.2, 0.25) is 0 Å². The van der Waals surface area contributed by atoms with Crippen LogP contribution in [0.25, 0.3) is 10.9 Å². The van der Waals surface area contributed by atoms with Gasteiger partial charge in [0.15, 0.2) is 11.5 Å². The van der Waals surface area contributed by atoms with Crippen LogP contribution in [0.3, 0.4) is 0 Å². The summed E-state index contributed by atoms with van der Waals surface area (Å²) >= 11 is 0. The van der Waals surface area contributed by atoms with Crippen molar-refractivity contribution in [1.82, 2.24) is 4.98 Å². The topological polar surface area (TPSA) is 48.4 Å². The molecular weight excluding hydrogens is 362 g/mol. The molecule has 0 N–H and O–H groups in total. The van der Waals surface area contributed by atoms with E-state index in [-0.39, 0.29) is 11.3 Å². The number of pyridine rings is 1. The molecule has 0 amide bonds. The van der Waals surface area contributed by atoms with E-state index in [9.17, 15) is 4.79 Å². The first-order chi connectivity index (χ1) is 14.2. The van der Waals surface area contributed by atoms with Gasteiger partial charge in [-0.3, -0.25) is 9.78 Å². The third-order valence-electron chi connectivity index (χ3n) is 8.48. The number of rotatable bonds is 3. The number of Topliss-reactive ketones (excluding diaryl/α,β-unsaturated/α-hetero) is 1. The molecule has 2 heterocycles. The molecule has 2 aromatic rings. The normalized spacial score (nSPS) is 39.0. The summed E-state index contributed by atoms with van der Waals surface area (Å²) in [4.78, 5) is 18.3. The number of ketones is 1. The van der Waals surface area contributed by atoms with Crippen LogP contribution in [-0.2, 0) is 4.79 Å². The Hall–Kier alpha value is -2.10. The van der Waals surface area contributed by atoms with Crippen LogP contribution in [0, 0.1) is 29.1 Å². The monoisotopic (exact) mass is 389 g/mol. The summed E-state index contributed by atoms with van der Waals surface area (Å²) in [5.74, 6) is 5.27. The maximum atomic E-state index is 13.6. The molecule has 0 saturated heterocycles. The number of hydrogen-bond acceptors (Lipinski definition) is 4. The highest BCUT2D eigenvalue weighted by atomic mass is 16.6. The van der Waals surface area contributed by atoms with Crippen molar-refractivity contribution in [3.63, 3.8) is 0 Å². The van der Waals surface area contributed by atoms with E-state index in [0.717, 1.165) is 46.6 Å². The Morgan fingerprint density at radius 1 is 0.897 bits per heavy atom. The summed E-state index contributed by atoms with van der Waals surface area (Å²) in [6.45, 7) is 1.18. The first-order valence-corrected chi connectivity index (χ1v) is 11.4. The third kappa shape index (κ3) is 2.50. The highest BCUT2D eigenvalue weighted by Gasteiger charge is 2.59. The number of benzene rings is 1. The number of hydrogen-bond donors (Lipinski definition) is 0. The van der Waals surface area contributed by atoms with E-state index in [2.05, 4.69) is 11.1 Å². The molecule has 1 aliphatic heterocycles. The molecule has 0 radical (unpaired) electrons. The van der Waals surface area contributed by atoms with Crippen LogP contribution in [0.5, 0.6) is 11.5 Å². The maximum Gasteiger partial charge on any atom is 0.163 e. The lowest BCUT2D eigenvalue weighted by molar-refractivity contribution is -0.145. The van der Waals surface area contributed by atoms with Gasteiger partial charge in [-0.05, 0) is 86.3 Å². The van der Waals surface area contributed by atoms with Crippen molar-refractivity contribution in [3.8, 4) is 11.5 Å². The Labute approximate surface area is 171 Å². The van der Waals surface area contributed by atoms with Crippen molar-refractivity contribution in [2.24, 2.45) is 29.1 Å². The molecule has 1 aromatic heterocycles. The fourth-order valence-corrected chi connectivity index (χ4v) is 7.54. The van der Waals surface area contributed by atoms with E-state index < -0.39 is 0 Å². The molecule has 1 aromatic carbocycles. The summed E-state index contributed by atoms with van der Waals surface area (Å²) in [7, 11) is 0. The van der Waals surface area contributed by atoms with Crippen molar-refractivity contribution in [2.45, 2.75) is 50.9 Å². The van der Waals surface area contributed by atoms with Crippen LogP contribution >= 0.6 is 0 Å². The molecule has 0 spiro atoms. The zero-order valence-corrected chi connectivity index (χ0v) is 16.7. The quantitative estimate of drug-likeness (QED) is 0.749. The van der Waals surface area contributed by atoms with Crippen molar-refractivity contribution >= 4 is 16.7 Å². The predicted molar refractivity (Wildman–Crippen MR) is 109 cm³/mol. The predicted octanol–water partition coefficient (Wildman–Crippen LogP) is 4.90. The summed E-state index contributed by atoms with van der Waals surface area (Å²) in [6, 6.07) is 6.23.